The zero-order valence-corrected chi connectivity index (χ0v) is 18.4. The van der Waals surface area contributed by atoms with Gasteiger partial charge in [0.05, 0.1) is 12.2 Å². The Balaban J connectivity index is 1.51. The number of carbonyl (C=O) groups excluding carboxylic acids is 2. The number of aliphatic imine (C=N–C) groups is 1. The summed E-state index contributed by atoms with van der Waals surface area (Å²) in [5.41, 5.74) is 0.787. The van der Waals surface area contributed by atoms with Gasteiger partial charge in [0.2, 0.25) is 5.90 Å². The van der Waals surface area contributed by atoms with Gasteiger partial charge in [0, 0.05) is 13.1 Å². The average molecular weight is 452 g/mol. The summed E-state index contributed by atoms with van der Waals surface area (Å²) >= 11 is 0. The first-order valence-corrected chi connectivity index (χ1v) is 11.0. The summed E-state index contributed by atoms with van der Waals surface area (Å²) in [6, 6.07) is 11.1. The Bertz CT molecular complexity index is 1110. The quantitative estimate of drug-likeness (QED) is 0.470. The van der Waals surface area contributed by atoms with Gasteiger partial charge in [-0.25, -0.2) is 14.2 Å². The molecule has 1 saturated heterocycles. The minimum Gasteiger partial charge on any atom is -0.490 e. The standard InChI is InChI=1S/C25H25FN2O5/c1-2-31-22-15-17(10-11-21(22)32-16-23(29)28-12-6-3-7-13-28)14-20-25(30)33-24(27-20)18-8-4-5-9-19(18)26/h4-5,8-11,14-15H,2-3,6-7,12-13,16H2,1H3/b20-14+. The molecule has 1 fully saturated rings. The van der Waals surface area contributed by atoms with Crippen LogP contribution in [-0.2, 0) is 14.3 Å². The smallest absolute Gasteiger partial charge is 0.363 e. The molecule has 2 aliphatic rings. The van der Waals surface area contributed by atoms with Crippen LogP contribution in [0.4, 0.5) is 4.39 Å². The summed E-state index contributed by atoms with van der Waals surface area (Å²) in [7, 11) is 0. The molecule has 2 heterocycles. The van der Waals surface area contributed by atoms with Gasteiger partial charge in [-0.3, -0.25) is 4.79 Å². The zero-order chi connectivity index (χ0) is 23.2. The van der Waals surface area contributed by atoms with Crippen molar-refractivity contribution >= 4 is 23.9 Å². The van der Waals surface area contributed by atoms with Gasteiger partial charge in [-0.15, -0.1) is 0 Å². The Kier molecular flexibility index (Phi) is 7.02. The van der Waals surface area contributed by atoms with Crippen LogP contribution in [0.1, 0.15) is 37.3 Å². The Morgan fingerprint density at radius 1 is 1.12 bits per heavy atom. The molecule has 0 bridgehead atoms. The van der Waals surface area contributed by atoms with Crippen LogP contribution in [0.5, 0.6) is 11.5 Å². The van der Waals surface area contributed by atoms with Crippen LogP contribution < -0.4 is 9.47 Å². The highest BCUT2D eigenvalue weighted by Gasteiger charge is 2.26. The number of carbonyl (C=O) groups is 2. The number of amides is 1. The zero-order valence-electron chi connectivity index (χ0n) is 18.4. The number of hydrogen-bond donors (Lipinski definition) is 0. The summed E-state index contributed by atoms with van der Waals surface area (Å²) in [6.07, 6.45) is 4.71. The van der Waals surface area contributed by atoms with Gasteiger partial charge >= 0.3 is 5.97 Å². The number of ether oxygens (including phenoxy) is 3. The van der Waals surface area contributed by atoms with Crippen LogP contribution in [0.15, 0.2) is 53.2 Å². The van der Waals surface area contributed by atoms with Crippen molar-refractivity contribution in [3.05, 3.63) is 65.1 Å². The van der Waals surface area contributed by atoms with E-state index in [0.29, 0.717) is 23.7 Å². The number of likely N-dealkylation sites (tertiary alicyclic amines) is 1. The molecule has 0 radical (unpaired) electrons. The molecule has 0 aromatic heterocycles. The highest BCUT2D eigenvalue weighted by Crippen LogP contribution is 2.30. The van der Waals surface area contributed by atoms with Gasteiger partial charge in [0.1, 0.15) is 5.82 Å². The third kappa shape index (κ3) is 5.39. The number of nitrogens with zero attached hydrogens (tertiary/aromatic N) is 2. The molecule has 1 amide bonds. The number of rotatable bonds is 7. The summed E-state index contributed by atoms with van der Waals surface area (Å²) in [5, 5.41) is 0. The molecule has 2 aromatic rings. The van der Waals surface area contributed by atoms with Crippen LogP contribution >= 0.6 is 0 Å². The monoisotopic (exact) mass is 452 g/mol. The fourth-order valence-corrected chi connectivity index (χ4v) is 3.69. The van der Waals surface area contributed by atoms with E-state index in [1.165, 1.54) is 18.2 Å². The third-order valence-electron chi connectivity index (χ3n) is 5.36. The number of piperidine rings is 1. The number of esters is 1. The van der Waals surface area contributed by atoms with E-state index in [2.05, 4.69) is 4.99 Å². The van der Waals surface area contributed by atoms with Crippen molar-refractivity contribution in [1.82, 2.24) is 4.90 Å². The molecule has 0 atom stereocenters. The van der Waals surface area contributed by atoms with Gasteiger partial charge in [-0.2, -0.15) is 0 Å². The molecule has 2 aromatic carbocycles. The van der Waals surface area contributed by atoms with Crippen molar-refractivity contribution in [3.8, 4) is 11.5 Å². The van der Waals surface area contributed by atoms with Crippen LogP contribution in [0, 0.1) is 5.82 Å². The lowest BCUT2D eigenvalue weighted by atomic mass is 10.1. The largest absolute Gasteiger partial charge is 0.490 e. The number of benzene rings is 2. The molecule has 4 rings (SSSR count). The normalized spacial score (nSPS) is 17.0. The molecule has 2 aliphatic heterocycles. The molecule has 0 unspecified atom stereocenters. The molecule has 0 aliphatic carbocycles. The first kappa shape index (κ1) is 22.5. The summed E-state index contributed by atoms with van der Waals surface area (Å²) in [6.45, 7) is 3.70. The fourth-order valence-electron chi connectivity index (χ4n) is 3.69. The molecule has 0 N–H and O–H groups in total. The molecule has 8 heteroatoms. The maximum atomic E-state index is 14.0. The Labute approximate surface area is 191 Å². The number of cyclic esters (lactones) is 1. The van der Waals surface area contributed by atoms with Crippen LogP contribution in [0.25, 0.3) is 6.08 Å². The molecule has 0 spiro atoms. The van der Waals surface area contributed by atoms with E-state index >= 15 is 0 Å². The van der Waals surface area contributed by atoms with Crippen molar-refractivity contribution in [2.45, 2.75) is 26.2 Å². The van der Waals surface area contributed by atoms with E-state index in [0.717, 1.165) is 32.4 Å². The van der Waals surface area contributed by atoms with Crippen molar-refractivity contribution in [2.75, 3.05) is 26.3 Å². The highest BCUT2D eigenvalue weighted by atomic mass is 19.1. The predicted octanol–water partition coefficient (Wildman–Crippen LogP) is 3.96. The second-order valence-electron chi connectivity index (χ2n) is 7.69. The Morgan fingerprint density at radius 3 is 2.67 bits per heavy atom. The number of halogens is 1. The van der Waals surface area contributed by atoms with E-state index in [9.17, 15) is 14.0 Å². The summed E-state index contributed by atoms with van der Waals surface area (Å²) in [4.78, 5) is 30.6. The molecular weight excluding hydrogens is 427 g/mol. The fraction of sp³-hybridized carbons (Fsp3) is 0.320. The summed E-state index contributed by atoms with van der Waals surface area (Å²) in [5.74, 6) is -0.433. The van der Waals surface area contributed by atoms with Gasteiger partial charge in [-0.05, 0) is 62.1 Å². The van der Waals surface area contributed by atoms with Crippen LogP contribution in [-0.4, -0.2) is 49.0 Å². The van der Waals surface area contributed by atoms with Crippen LogP contribution in [0.3, 0.4) is 0 Å². The van der Waals surface area contributed by atoms with E-state index in [1.807, 2.05) is 11.8 Å². The first-order chi connectivity index (χ1) is 16.0. The van der Waals surface area contributed by atoms with Gasteiger partial charge in [0.15, 0.2) is 23.8 Å². The van der Waals surface area contributed by atoms with Gasteiger partial charge < -0.3 is 19.1 Å². The van der Waals surface area contributed by atoms with Gasteiger partial charge in [-0.1, -0.05) is 18.2 Å². The summed E-state index contributed by atoms with van der Waals surface area (Å²) < 4.78 is 30.6. The first-order valence-electron chi connectivity index (χ1n) is 11.0. The molecule has 7 nitrogen and oxygen atoms in total. The lowest BCUT2D eigenvalue weighted by molar-refractivity contribution is -0.134. The number of hydrogen-bond acceptors (Lipinski definition) is 6. The molecular formula is C25H25FN2O5. The lowest BCUT2D eigenvalue weighted by Crippen LogP contribution is -2.38. The van der Waals surface area contributed by atoms with Crippen molar-refractivity contribution < 1.29 is 28.2 Å². The second-order valence-corrected chi connectivity index (χ2v) is 7.69. The van der Waals surface area contributed by atoms with Gasteiger partial charge in [0.25, 0.3) is 5.91 Å². The molecule has 33 heavy (non-hydrogen) atoms. The molecule has 172 valence electrons. The van der Waals surface area contributed by atoms with E-state index < -0.39 is 11.8 Å². The topological polar surface area (TPSA) is 77.4 Å². The molecule has 0 saturated carbocycles. The predicted molar refractivity (Wildman–Crippen MR) is 121 cm³/mol. The Morgan fingerprint density at radius 2 is 1.91 bits per heavy atom. The van der Waals surface area contributed by atoms with Crippen molar-refractivity contribution in [2.24, 2.45) is 4.99 Å². The Hall–Kier alpha value is -3.68. The van der Waals surface area contributed by atoms with E-state index in [-0.39, 0.29) is 29.7 Å². The van der Waals surface area contributed by atoms with Crippen molar-refractivity contribution in [3.63, 3.8) is 0 Å². The minimum absolute atomic E-state index is 0.0460. The second kappa shape index (κ2) is 10.3. The third-order valence-corrected chi connectivity index (χ3v) is 5.36. The average Bonchev–Trinajstić information content (AvgIpc) is 3.19. The highest BCUT2D eigenvalue weighted by molar-refractivity contribution is 6.12. The maximum Gasteiger partial charge on any atom is 0.363 e. The SMILES string of the molecule is CCOc1cc(/C=C2/N=C(c3ccccc3F)OC2=O)ccc1OCC(=O)N1CCCCC1. The van der Waals surface area contributed by atoms with E-state index in [4.69, 9.17) is 14.2 Å². The van der Waals surface area contributed by atoms with Crippen molar-refractivity contribution in [1.29, 1.82) is 0 Å². The van der Waals surface area contributed by atoms with Crippen LogP contribution in [0.2, 0.25) is 0 Å². The maximum absolute atomic E-state index is 14.0. The minimum atomic E-state index is -0.668. The van der Waals surface area contributed by atoms with E-state index in [1.54, 1.807) is 30.3 Å². The lowest BCUT2D eigenvalue weighted by Gasteiger charge is -2.26.